The predicted molar refractivity (Wildman–Crippen MR) is 166 cm³/mol. The molecule has 0 aliphatic heterocycles. The summed E-state index contributed by atoms with van der Waals surface area (Å²) in [6, 6.07) is 22.3. The fraction of sp³-hybridized carbons (Fsp3) is 0.242. The van der Waals surface area contributed by atoms with Gasteiger partial charge in [-0.2, -0.15) is 13.2 Å². The Bertz CT molecular complexity index is 1520. The van der Waals surface area contributed by atoms with Crippen LogP contribution in [0.1, 0.15) is 46.5 Å². The highest BCUT2D eigenvalue weighted by Crippen LogP contribution is 2.32. The van der Waals surface area contributed by atoms with Crippen molar-refractivity contribution in [3.05, 3.63) is 113 Å². The van der Waals surface area contributed by atoms with Crippen molar-refractivity contribution in [2.75, 3.05) is 23.3 Å². The number of alkyl halides is 4. The van der Waals surface area contributed by atoms with E-state index < -0.39 is 11.7 Å². The van der Waals surface area contributed by atoms with Crippen LogP contribution in [0.4, 0.5) is 24.5 Å². The Balaban J connectivity index is 0.000000303. The van der Waals surface area contributed by atoms with Crippen LogP contribution in [0.3, 0.4) is 0 Å². The Kier molecular flexibility index (Phi) is 12.1. The Morgan fingerprint density at radius 1 is 0.953 bits per heavy atom. The van der Waals surface area contributed by atoms with E-state index in [0.717, 1.165) is 59.0 Å². The third-order valence-corrected chi connectivity index (χ3v) is 6.87. The highest BCUT2D eigenvalue weighted by Gasteiger charge is 2.30. The summed E-state index contributed by atoms with van der Waals surface area (Å²) < 4.78 is 36.6. The van der Waals surface area contributed by atoms with E-state index in [9.17, 15) is 22.8 Å². The second kappa shape index (κ2) is 15.7. The van der Waals surface area contributed by atoms with Gasteiger partial charge in [-0.05, 0) is 92.1 Å². The van der Waals surface area contributed by atoms with Crippen molar-refractivity contribution in [3.8, 4) is 11.3 Å². The molecule has 4 rings (SSSR count). The lowest BCUT2D eigenvalue weighted by molar-refractivity contribution is -0.137. The first-order valence-corrected chi connectivity index (χ1v) is 14.2. The molecule has 2 amide bonds. The van der Waals surface area contributed by atoms with Crippen LogP contribution in [0.5, 0.6) is 0 Å². The van der Waals surface area contributed by atoms with E-state index >= 15 is 0 Å². The minimum absolute atomic E-state index is 0.105. The van der Waals surface area contributed by atoms with Crippen LogP contribution in [0.15, 0.2) is 85.1 Å². The number of amides is 2. The molecule has 0 unspecified atom stereocenters. The number of aryl methyl sites for hydroxylation is 1. The molecule has 0 atom stereocenters. The summed E-state index contributed by atoms with van der Waals surface area (Å²) in [4.78, 5) is 29.6. The van der Waals surface area contributed by atoms with Crippen LogP contribution in [0.2, 0.25) is 0 Å². The van der Waals surface area contributed by atoms with Gasteiger partial charge in [0.25, 0.3) is 5.91 Å². The predicted octanol–water partition coefficient (Wildman–Crippen LogP) is 7.85. The number of anilines is 2. The van der Waals surface area contributed by atoms with Crippen molar-refractivity contribution in [1.82, 2.24) is 10.3 Å². The van der Waals surface area contributed by atoms with E-state index in [2.05, 4.69) is 40.4 Å². The molecule has 0 saturated heterocycles. The molecule has 0 bridgehead atoms. The summed E-state index contributed by atoms with van der Waals surface area (Å²) in [6.45, 7) is 8.23. The molecular formula is C33H34ClF3N4O2. The molecule has 0 aliphatic rings. The molecule has 1 aromatic heterocycles. The average Bonchev–Trinajstić information content (AvgIpc) is 3.01. The number of hydrogen-bond acceptors (Lipinski definition) is 4. The third-order valence-electron chi connectivity index (χ3n) is 6.56. The Morgan fingerprint density at radius 2 is 1.67 bits per heavy atom. The minimum atomic E-state index is -4.34. The van der Waals surface area contributed by atoms with Crippen molar-refractivity contribution in [3.63, 3.8) is 0 Å². The van der Waals surface area contributed by atoms with Crippen molar-refractivity contribution in [2.45, 2.75) is 39.4 Å². The molecule has 3 aromatic carbocycles. The van der Waals surface area contributed by atoms with Gasteiger partial charge in [-0.25, -0.2) is 0 Å². The number of nitrogens with one attached hydrogen (secondary N) is 2. The fourth-order valence-corrected chi connectivity index (χ4v) is 4.50. The van der Waals surface area contributed by atoms with E-state index in [-0.39, 0.29) is 12.5 Å². The topological polar surface area (TPSA) is 74.3 Å². The van der Waals surface area contributed by atoms with Gasteiger partial charge >= 0.3 is 6.18 Å². The number of pyridine rings is 1. The number of aromatic nitrogens is 1. The number of nitrogens with zero attached hydrogens (tertiary/aromatic N) is 2. The zero-order valence-electron chi connectivity index (χ0n) is 24.2. The molecule has 10 heteroatoms. The molecule has 226 valence electrons. The van der Waals surface area contributed by atoms with Gasteiger partial charge in [0.15, 0.2) is 0 Å². The van der Waals surface area contributed by atoms with Crippen LogP contribution in [0, 0.1) is 6.92 Å². The quantitative estimate of drug-likeness (QED) is 0.142. The van der Waals surface area contributed by atoms with Crippen LogP contribution in [-0.2, 0) is 23.4 Å². The Morgan fingerprint density at radius 3 is 2.33 bits per heavy atom. The number of benzene rings is 3. The van der Waals surface area contributed by atoms with Gasteiger partial charge in [0.2, 0.25) is 6.41 Å². The van der Waals surface area contributed by atoms with Crippen molar-refractivity contribution >= 4 is 35.3 Å². The van der Waals surface area contributed by atoms with Gasteiger partial charge in [-0.3, -0.25) is 14.6 Å². The maximum Gasteiger partial charge on any atom is 0.416 e. The number of carbonyl (C=O) groups is 2. The molecule has 43 heavy (non-hydrogen) atoms. The summed E-state index contributed by atoms with van der Waals surface area (Å²) in [6.07, 6.45) is -2.10. The van der Waals surface area contributed by atoms with Crippen LogP contribution in [-0.4, -0.2) is 30.4 Å². The van der Waals surface area contributed by atoms with Gasteiger partial charge in [-0.15, -0.1) is 11.6 Å². The van der Waals surface area contributed by atoms with Crippen molar-refractivity contribution in [1.29, 1.82) is 0 Å². The molecule has 1 heterocycles. The number of rotatable bonds is 10. The van der Waals surface area contributed by atoms with E-state index in [1.54, 1.807) is 12.3 Å². The van der Waals surface area contributed by atoms with E-state index in [0.29, 0.717) is 23.4 Å². The number of halogens is 4. The molecule has 0 aliphatic carbocycles. The standard InChI is InChI=1S/C24H26ClN3O.C9H8F3NO/c1-4-28(5-2)20-9-10-22(21(15-20)23-13-17(3)11-12-26-23)27-24(29)19-8-6-7-18(14-19)16-25;10-9(11,12)8-3-1-2-7(4-8)5-13-6-14/h6-15H,4-5,16H2,1-3H3,(H,27,29);1-4,6H,5H2,(H,13,14). The highest BCUT2D eigenvalue weighted by molar-refractivity contribution is 6.17. The fourth-order valence-electron chi connectivity index (χ4n) is 4.33. The molecule has 2 N–H and O–H groups in total. The zero-order valence-corrected chi connectivity index (χ0v) is 25.0. The molecule has 0 radical (unpaired) electrons. The van der Waals surface area contributed by atoms with Crippen LogP contribution < -0.4 is 15.5 Å². The minimum Gasteiger partial charge on any atom is -0.372 e. The summed E-state index contributed by atoms with van der Waals surface area (Å²) in [5.41, 5.74) is 5.92. The molecule has 0 saturated carbocycles. The van der Waals surface area contributed by atoms with Gasteiger partial charge < -0.3 is 15.5 Å². The maximum absolute atomic E-state index is 12.9. The normalized spacial score (nSPS) is 10.8. The van der Waals surface area contributed by atoms with Gasteiger partial charge in [0.1, 0.15) is 0 Å². The first-order chi connectivity index (χ1) is 20.6. The van der Waals surface area contributed by atoms with Gasteiger partial charge in [-0.1, -0.05) is 24.3 Å². The second-order valence-corrected chi connectivity index (χ2v) is 9.87. The van der Waals surface area contributed by atoms with Crippen molar-refractivity contribution < 1.29 is 22.8 Å². The lowest BCUT2D eigenvalue weighted by Crippen LogP contribution is -2.22. The first kappa shape index (κ1) is 33.1. The Labute approximate surface area is 254 Å². The molecular weight excluding hydrogens is 577 g/mol. The maximum atomic E-state index is 12.9. The molecule has 0 spiro atoms. The summed E-state index contributed by atoms with van der Waals surface area (Å²) in [7, 11) is 0. The summed E-state index contributed by atoms with van der Waals surface area (Å²) in [5, 5.41) is 5.35. The zero-order chi connectivity index (χ0) is 31.4. The van der Waals surface area contributed by atoms with E-state index in [1.165, 1.54) is 12.1 Å². The van der Waals surface area contributed by atoms with E-state index in [1.807, 2.05) is 49.4 Å². The lowest BCUT2D eigenvalue weighted by atomic mass is 10.0. The van der Waals surface area contributed by atoms with Gasteiger partial charge in [0.05, 0.1) is 16.9 Å². The van der Waals surface area contributed by atoms with E-state index in [4.69, 9.17) is 11.6 Å². The molecule has 6 nitrogen and oxygen atoms in total. The SMILES string of the molecule is CCN(CC)c1ccc(NC(=O)c2cccc(CCl)c2)c(-c2cc(C)ccn2)c1.O=CNCc1cccc(C(F)(F)F)c1. The smallest absolute Gasteiger partial charge is 0.372 e. The largest absolute Gasteiger partial charge is 0.416 e. The van der Waals surface area contributed by atoms with Crippen LogP contribution >= 0.6 is 11.6 Å². The number of hydrogen-bond donors (Lipinski definition) is 2. The summed E-state index contributed by atoms with van der Waals surface area (Å²) in [5.74, 6) is 0.208. The monoisotopic (exact) mass is 610 g/mol. The third kappa shape index (κ3) is 9.58. The van der Waals surface area contributed by atoms with Crippen molar-refractivity contribution in [2.24, 2.45) is 0 Å². The van der Waals surface area contributed by atoms with Gasteiger partial charge in [0, 0.05) is 48.5 Å². The summed E-state index contributed by atoms with van der Waals surface area (Å²) >= 11 is 5.91. The average molecular weight is 611 g/mol. The lowest BCUT2D eigenvalue weighted by Gasteiger charge is -2.23. The second-order valence-electron chi connectivity index (χ2n) is 9.61. The molecule has 4 aromatic rings. The van der Waals surface area contributed by atoms with Crippen LogP contribution in [0.25, 0.3) is 11.3 Å². The highest BCUT2D eigenvalue weighted by atomic mass is 35.5. The Hall–Kier alpha value is -4.37. The number of carbonyl (C=O) groups excluding carboxylic acids is 2. The first-order valence-electron chi connectivity index (χ1n) is 13.7. The molecule has 0 fully saturated rings.